The van der Waals surface area contributed by atoms with Crippen LogP contribution in [-0.4, -0.2) is 31.6 Å². The van der Waals surface area contributed by atoms with Crippen LogP contribution in [0.15, 0.2) is 48.0 Å². The van der Waals surface area contributed by atoms with Crippen LogP contribution in [0.4, 0.5) is 10.5 Å². The largest absolute Gasteiger partial charge is 0.497 e. The molecule has 2 aromatic carbocycles. The average Bonchev–Trinajstić information content (AvgIpc) is 2.70. The Kier molecular flexibility index (Phi) is 5.65. The minimum Gasteiger partial charge on any atom is -0.497 e. The number of methoxy groups -OCH3 is 1. The summed E-state index contributed by atoms with van der Waals surface area (Å²) in [5.41, 5.74) is 1.47. The maximum atomic E-state index is 13.0. The number of imide groups is 2. The number of hydrogen-bond donors (Lipinski definition) is 1. The van der Waals surface area contributed by atoms with Crippen molar-refractivity contribution in [3.63, 3.8) is 0 Å². The Morgan fingerprint density at radius 1 is 1.17 bits per heavy atom. The Balaban J connectivity index is 2.04. The van der Waals surface area contributed by atoms with Crippen LogP contribution in [0.5, 0.6) is 11.5 Å². The zero-order valence-corrected chi connectivity index (χ0v) is 15.9. The van der Waals surface area contributed by atoms with Gasteiger partial charge < -0.3 is 9.47 Å². The molecule has 1 heterocycles. The first-order chi connectivity index (χ1) is 13.9. The summed E-state index contributed by atoms with van der Waals surface area (Å²) in [7, 11) is 1.50. The molecule has 1 fully saturated rings. The van der Waals surface area contributed by atoms with Gasteiger partial charge in [0.2, 0.25) is 0 Å². The van der Waals surface area contributed by atoms with E-state index in [-0.39, 0.29) is 12.2 Å². The number of rotatable bonds is 5. The molecule has 29 heavy (non-hydrogen) atoms. The lowest BCUT2D eigenvalue weighted by Gasteiger charge is -2.26. The molecule has 146 valence electrons. The third-order valence-electron chi connectivity index (χ3n) is 4.19. The van der Waals surface area contributed by atoms with Gasteiger partial charge in [-0.3, -0.25) is 14.9 Å². The Morgan fingerprint density at radius 2 is 1.97 bits per heavy atom. The molecule has 3 rings (SSSR count). The molecule has 0 radical (unpaired) electrons. The number of amides is 4. The predicted octanol–water partition coefficient (Wildman–Crippen LogP) is 2.68. The van der Waals surface area contributed by atoms with Gasteiger partial charge in [0.1, 0.15) is 23.7 Å². The topological polar surface area (TPSA) is 84.9 Å². The number of nitrogens with zero attached hydrogens (tertiary/aromatic N) is 1. The Hall–Kier alpha value is -4.05. The second-order valence-electron chi connectivity index (χ2n) is 6.19. The molecule has 0 bridgehead atoms. The highest BCUT2D eigenvalue weighted by atomic mass is 16.5. The number of ether oxygens (including phenoxy) is 2. The number of terminal acetylenes is 1. The number of carbonyl (C=O) groups excluding carboxylic acids is 3. The number of barbiturate groups is 1. The van der Waals surface area contributed by atoms with Crippen LogP contribution in [0.2, 0.25) is 0 Å². The first-order valence-corrected chi connectivity index (χ1v) is 8.67. The summed E-state index contributed by atoms with van der Waals surface area (Å²) in [6, 6.07) is 10.9. The molecule has 0 unspecified atom stereocenters. The maximum Gasteiger partial charge on any atom is 0.335 e. The van der Waals surface area contributed by atoms with Gasteiger partial charge in [-0.25, -0.2) is 9.69 Å². The summed E-state index contributed by atoms with van der Waals surface area (Å²) in [4.78, 5) is 38.6. The molecule has 1 aliphatic rings. The molecule has 1 N–H and O–H groups in total. The molecule has 0 saturated carbocycles. The van der Waals surface area contributed by atoms with Crippen LogP contribution in [-0.2, 0) is 9.59 Å². The number of urea groups is 1. The van der Waals surface area contributed by atoms with Crippen molar-refractivity contribution in [1.82, 2.24) is 5.32 Å². The van der Waals surface area contributed by atoms with E-state index in [1.807, 2.05) is 13.0 Å². The molecule has 1 aliphatic heterocycles. The highest BCUT2D eigenvalue weighted by Gasteiger charge is 2.37. The lowest BCUT2D eigenvalue weighted by atomic mass is 10.1. The standard InChI is InChI=1S/C22H18N2O5/c1-4-10-29-19-13-17(28-3)9-8-15(19)12-18-20(25)23-22(27)24(21(18)26)16-7-5-6-14(2)11-16/h1,5-9,11-13H,10H2,2-3H3,(H,23,25,27)/b18-12+. The zero-order chi connectivity index (χ0) is 21.0. The SMILES string of the molecule is C#CCOc1cc(OC)ccc1/C=C1\C(=O)NC(=O)N(c2cccc(C)c2)C1=O. The quantitative estimate of drug-likeness (QED) is 0.482. The fraction of sp³-hybridized carbons (Fsp3) is 0.136. The Morgan fingerprint density at radius 3 is 2.66 bits per heavy atom. The Bertz CT molecular complexity index is 1070. The fourth-order valence-corrected chi connectivity index (χ4v) is 2.82. The van der Waals surface area contributed by atoms with Crippen molar-refractivity contribution in [2.75, 3.05) is 18.6 Å². The van der Waals surface area contributed by atoms with E-state index < -0.39 is 17.8 Å². The third-order valence-corrected chi connectivity index (χ3v) is 4.19. The normalized spacial score (nSPS) is 15.1. The zero-order valence-electron chi connectivity index (χ0n) is 15.9. The second kappa shape index (κ2) is 8.31. The van der Waals surface area contributed by atoms with Crippen LogP contribution in [0.3, 0.4) is 0 Å². The van der Waals surface area contributed by atoms with E-state index in [0.29, 0.717) is 22.7 Å². The molecular formula is C22H18N2O5. The number of carbonyl (C=O) groups is 3. The summed E-state index contributed by atoms with van der Waals surface area (Å²) >= 11 is 0. The number of nitrogens with one attached hydrogen (secondary N) is 1. The van der Waals surface area contributed by atoms with E-state index in [4.69, 9.17) is 15.9 Å². The van der Waals surface area contributed by atoms with Crippen molar-refractivity contribution in [1.29, 1.82) is 0 Å². The highest BCUT2D eigenvalue weighted by molar-refractivity contribution is 6.39. The van der Waals surface area contributed by atoms with Crippen LogP contribution >= 0.6 is 0 Å². The molecule has 0 atom stereocenters. The van der Waals surface area contributed by atoms with Crippen molar-refractivity contribution < 1.29 is 23.9 Å². The van der Waals surface area contributed by atoms with E-state index in [1.165, 1.54) is 13.2 Å². The van der Waals surface area contributed by atoms with E-state index >= 15 is 0 Å². The fourth-order valence-electron chi connectivity index (χ4n) is 2.82. The molecular weight excluding hydrogens is 372 g/mol. The molecule has 0 aliphatic carbocycles. The molecule has 0 aromatic heterocycles. The smallest absolute Gasteiger partial charge is 0.335 e. The third kappa shape index (κ3) is 4.12. The lowest BCUT2D eigenvalue weighted by molar-refractivity contribution is -0.122. The number of benzene rings is 2. The number of anilines is 1. The van der Waals surface area contributed by atoms with Crippen LogP contribution in [0.25, 0.3) is 6.08 Å². The van der Waals surface area contributed by atoms with Gasteiger partial charge in [0.15, 0.2) is 0 Å². The van der Waals surface area contributed by atoms with Gasteiger partial charge in [-0.1, -0.05) is 18.1 Å². The van der Waals surface area contributed by atoms with Crippen LogP contribution in [0, 0.1) is 19.3 Å². The van der Waals surface area contributed by atoms with Gasteiger partial charge in [0.05, 0.1) is 12.8 Å². The number of hydrogen-bond acceptors (Lipinski definition) is 5. The monoisotopic (exact) mass is 390 g/mol. The molecule has 2 aromatic rings. The van der Waals surface area contributed by atoms with Gasteiger partial charge in [0.25, 0.3) is 11.8 Å². The summed E-state index contributed by atoms with van der Waals surface area (Å²) in [6.07, 6.45) is 6.61. The van der Waals surface area contributed by atoms with Crippen LogP contribution in [0.1, 0.15) is 11.1 Å². The minimum atomic E-state index is -0.804. The van der Waals surface area contributed by atoms with E-state index in [1.54, 1.807) is 36.4 Å². The summed E-state index contributed by atoms with van der Waals surface area (Å²) in [5, 5.41) is 2.19. The molecule has 0 spiro atoms. The predicted molar refractivity (Wildman–Crippen MR) is 108 cm³/mol. The van der Waals surface area contributed by atoms with Gasteiger partial charge in [-0.2, -0.15) is 0 Å². The highest BCUT2D eigenvalue weighted by Crippen LogP contribution is 2.29. The summed E-state index contributed by atoms with van der Waals surface area (Å²) in [5.74, 6) is 1.70. The van der Waals surface area contributed by atoms with Crippen molar-refractivity contribution in [3.05, 3.63) is 59.2 Å². The van der Waals surface area contributed by atoms with E-state index in [9.17, 15) is 14.4 Å². The molecule has 7 nitrogen and oxygen atoms in total. The van der Waals surface area contributed by atoms with E-state index in [2.05, 4.69) is 11.2 Å². The number of aryl methyl sites for hydroxylation is 1. The van der Waals surface area contributed by atoms with Crippen molar-refractivity contribution in [2.24, 2.45) is 0 Å². The lowest BCUT2D eigenvalue weighted by Crippen LogP contribution is -2.54. The maximum absolute atomic E-state index is 13.0. The van der Waals surface area contributed by atoms with E-state index in [0.717, 1.165) is 10.5 Å². The minimum absolute atomic E-state index is 0.00259. The molecule has 1 saturated heterocycles. The average molecular weight is 390 g/mol. The van der Waals surface area contributed by atoms with Crippen molar-refractivity contribution >= 4 is 29.6 Å². The summed E-state index contributed by atoms with van der Waals surface area (Å²) in [6.45, 7) is 1.83. The second-order valence-corrected chi connectivity index (χ2v) is 6.19. The summed E-state index contributed by atoms with van der Waals surface area (Å²) < 4.78 is 10.7. The Labute approximate surface area is 167 Å². The van der Waals surface area contributed by atoms with Crippen molar-refractivity contribution in [3.8, 4) is 23.8 Å². The molecule has 4 amide bonds. The first-order valence-electron chi connectivity index (χ1n) is 8.67. The molecule has 7 heteroatoms. The van der Waals surface area contributed by atoms with Crippen LogP contribution < -0.4 is 19.7 Å². The van der Waals surface area contributed by atoms with Gasteiger partial charge in [-0.05, 0) is 42.8 Å². The van der Waals surface area contributed by atoms with Gasteiger partial charge >= 0.3 is 6.03 Å². The van der Waals surface area contributed by atoms with Crippen molar-refractivity contribution in [2.45, 2.75) is 6.92 Å². The first kappa shape index (κ1) is 19.7. The van der Waals surface area contributed by atoms with Gasteiger partial charge in [0, 0.05) is 11.6 Å². The van der Waals surface area contributed by atoms with Gasteiger partial charge in [-0.15, -0.1) is 6.42 Å².